The molecular formula is C8H15NO3. The molecule has 0 atom stereocenters. The first-order valence-electron chi connectivity index (χ1n) is 4.19. The summed E-state index contributed by atoms with van der Waals surface area (Å²) in [6, 6.07) is 0.351. The van der Waals surface area contributed by atoms with Crippen molar-refractivity contribution in [3.8, 4) is 0 Å². The van der Waals surface area contributed by atoms with Gasteiger partial charge in [0.25, 0.3) is 0 Å². The molecule has 4 nitrogen and oxygen atoms in total. The number of hydrogen-bond donors (Lipinski definition) is 2. The van der Waals surface area contributed by atoms with Gasteiger partial charge in [-0.3, -0.25) is 4.84 Å². The molecule has 4 heteroatoms. The minimum atomic E-state index is -1.13. The molecule has 0 aromatic carbocycles. The molecule has 0 saturated heterocycles. The molecule has 1 saturated carbocycles. The number of aliphatic carboxylic acids is 1. The summed E-state index contributed by atoms with van der Waals surface area (Å²) in [5.41, 5.74) is 1.63. The van der Waals surface area contributed by atoms with Crippen molar-refractivity contribution < 1.29 is 14.7 Å². The first-order chi connectivity index (χ1) is 5.52. The van der Waals surface area contributed by atoms with Crippen molar-refractivity contribution in [3.63, 3.8) is 0 Å². The summed E-state index contributed by atoms with van der Waals surface area (Å²) >= 11 is 0. The highest BCUT2D eigenvalue weighted by molar-refractivity contribution is 5.76. The van der Waals surface area contributed by atoms with Gasteiger partial charge in [0.2, 0.25) is 0 Å². The topological polar surface area (TPSA) is 58.6 Å². The molecule has 1 aliphatic rings. The molecule has 0 amide bonds. The lowest BCUT2D eigenvalue weighted by Crippen LogP contribution is -2.45. The smallest absolute Gasteiger partial charge is 0.337 e. The summed E-state index contributed by atoms with van der Waals surface area (Å²) in [5.74, 6) is -0.950. The van der Waals surface area contributed by atoms with Gasteiger partial charge in [0.1, 0.15) is 0 Å². The third-order valence-corrected chi connectivity index (χ3v) is 2.10. The quantitative estimate of drug-likeness (QED) is 0.621. The van der Waals surface area contributed by atoms with Crippen LogP contribution >= 0.6 is 0 Å². The average Bonchev–Trinajstić information content (AvgIpc) is 1.83. The standard InChI is InChI=1S/C8H15NO3/c1-8(2,7(10)11)12-9-6-4-3-5-6/h6,9H,3-5H2,1-2H3,(H,10,11). The maximum absolute atomic E-state index is 10.6. The van der Waals surface area contributed by atoms with Gasteiger partial charge in [-0.1, -0.05) is 6.42 Å². The predicted molar refractivity (Wildman–Crippen MR) is 43.6 cm³/mol. The molecular weight excluding hydrogens is 158 g/mol. The largest absolute Gasteiger partial charge is 0.479 e. The summed E-state index contributed by atoms with van der Waals surface area (Å²) in [4.78, 5) is 15.6. The summed E-state index contributed by atoms with van der Waals surface area (Å²) in [7, 11) is 0. The molecule has 0 aromatic heterocycles. The lowest BCUT2D eigenvalue weighted by molar-refractivity contribution is -0.175. The maximum atomic E-state index is 10.6. The van der Waals surface area contributed by atoms with E-state index in [1.807, 2.05) is 0 Å². The molecule has 70 valence electrons. The lowest BCUT2D eigenvalue weighted by Gasteiger charge is -2.29. The molecule has 0 aliphatic heterocycles. The van der Waals surface area contributed by atoms with Crippen LogP contribution in [0.2, 0.25) is 0 Å². The SMILES string of the molecule is CC(C)(ONC1CCC1)C(=O)O. The number of carboxylic acids is 1. The Morgan fingerprint density at radius 2 is 2.17 bits per heavy atom. The predicted octanol–water partition coefficient (Wildman–Crippen LogP) is 0.923. The van der Waals surface area contributed by atoms with Crippen molar-refractivity contribution in [1.29, 1.82) is 0 Å². The van der Waals surface area contributed by atoms with E-state index in [0.29, 0.717) is 6.04 Å². The zero-order valence-corrected chi connectivity index (χ0v) is 7.46. The fraction of sp³-hybridized carbons (Fsp3) is 0.875. The maximum Gasteiger partial charge on any atom is 0.337 e. The Balaban J connectivity index is 2.24. The second kappa shape index (κ2) is 3.41. The average molecular weight is 173 g/mol. The van der Waals surface area contributed by atoms with E-state index < -0.39 is 11.6 Å². The van der Waals surface area contributed by atoms with Crippen LogP contribution in [0.4, 0.5) is 0 Å². The molecule has 0 heterocycles. The van der Waals surface area contributed by atoms with Crippen molar-refractivity contribution in [1.82, 2.24) is 5.48 Å². The van der Waals surface area contributed by atoms with Crippen molar-refractivity contribution >= 4 is 5.97 Å². The summed E-state index contributed by atoms with van der Waals surface area (Å²) < 4.78 is 0. The van der Waals surface area contributed by atoms with E-state index in [4.69, 9.17) is 9.94 Å². The second-order valence-electron chi connectivity index (χ2n) is 3.66. The first kappa shape index (κ1) is 9.48. The van der Waals surface area contributed by atoms with Gasteiger partial charge < -0.3 is 5.11 Å². The van der Waals surface area contributed by atoms with Crippen molar-refractivity contribution in [2.45, 2.75) is 44.8 Å². The van der Waals surface area contributed by atoms with E-state index >= 15 is 0 Å². The Morgan fingerprint density at radius 3 is 2.50 bits per heavy atom. The van der Waals surface area contributed by atoms with E-state index in [1.54, 1.807) is 0 Å². The molecule has 0 bridgehead atoms. The van der Waals surface area contributed by atoms with E-state index in [9.17, 15) is 4.79 Å². The Hall–Kier alpha value is -0.610. The summed E-state index contributed by atoms with van der Waals surface area (Å²) in [5, 5.41) is 8.68. The van der Waals surface area contributed by atoms with Crippen LogP contribution in [-0.4, -0.2) is 22.7 Å². The van der Waals surface area contributed by atoms with Crippen LogP contribution in [0.3, 0.4) is 0 Å². The van der Waals surface area contributed by atoms with Gasteiger partial charge in [-0.25, -0.2) is 4.79 Å². The van der Waals surface area contributed by atoms with Gasteiger partial charge >= 0.3 is 5.97 Å². The zero-order valence-electron chi connectivity index (χ0n) is 7.46. The van der Waals surface area contributed by atoms with Gasteiger partial charge in [0.15, 0.2) is 5.60 Å². The van der Waals surface area contributed by atoms with Gasteiger partial charge in [0, 0.05) is 6.04 Å². The molecule has 0 spiro atoms. The molecule has 2 N–H and O–H groups in total. The highest BCUT2D eigenvalue weighted by Gasteiger charge is 2.30. The molecule has 12 heavy (non-hydrogen) atoms. The first-order valence-corrected chi connectivity index (χ1v) is 4.19. The molecule has 1 rings (SSSR count). The fourth-order valence-electron chi connectivity index (χ4n) is 0.800. The van der Waals surface area contributed by atoms with Crippen molar-refractivity contribution in [2.75, 3.05) is 0 Å². The van der Waals surface area contributed by atoms with Crippen molar-refractivity contribution in [2.24, 2.45) is 0 Å². The lowest BCUT2D eigenvalue weighted by atomic mass is 9.94. The molecule has 0 radical (unpaired) electrons. The van der Waals surface area contributed by atoms with Crippen LogP contribution in [0, 0.1) is 0 Å². The van der Waals surface area contributed by atoms with Crippen LogP contribution in [0.15, 0.2) is 0 Å². The Bertz CT molecular complexity index is 175. The number of rotatable bonds is 4. The van der Waals surface area contributed by atoms with Crippen molar-refractivity contribution in [3.05, 3.63) is 0 Å². The zero-order chi connectivity index (χ0) is 9.19. The van der Waals surface area contributed by atoms with Crippen LogP contribution in [0.25, 0.3) is 0 Å². The highest BCUT2D eigenvalue weighted by atomic mass is 16.7. The molecule has 1 fully saturated rings. The number of carboxylic acid groups (broad SMARTS) is 1. The Kier molecular flexibility index (Phi) is 2.69. The number of carbonyl (C=O) groups is 1. The minimum Gasteiger partial charge on any atom is -0.479 e. The molecule has 1 aliphatic carbocycles. The Labute approximate surface area is 71.9 Å². The monoisotopic (exact) mass is 173 g/mol. The van der Waals surface area contributed by atoms with E-state index in [2.05, 4.69) is 5.48 Å². The fourth-order valence-corrected chi connectivity index (χ4v) is 0.800. The molecule has 0 aromatic rings. The number of hydroxylamine groups is 1. The second-order valence-corrected chi connectivity index (χ2v) is 3.66. The van der Waals surface area contributed by atoms with Crippen LogP contribution < -0.4 is 5.48 Å². The number of hydrogen-bond acceptors (Lipinski definition) is 3. The summed E-state index contributed by atoms with van der Waals surface area (Å²) in [6.07, 6.45) is 3.36. The highest BCUT2D eigenvalue weighted by Crippen LogP contribution is 2.19. The van der Waals surface area contributed by atoms with Crippen LogP contribution in [0.1, 0.15) is 33.1 Å². The minimum absolute atomic E-state index is 0.351. The van der Waals surface area contributed by atoms with Crippen LogP contribution in [0.5, 0.6) is 0 Å². The van der Waals surface area contributed by atoms with E-state index in [1.165, 1.54) is 20.3 Å². The normalized spacial score (nSPS) is 18.8. The van der Waals surface area contributed by atoms with Gasteiger partial charge in [-0.2, -0.15) is 5.48 Å². The van der Waals surface area contributed by atoms with Crippen LogP contribution in [-0.2, 0) is 9.63 Å². The van der Waals surface area contributed by atoms with Gasteiger partial charge in [-0.15, -0.1) is 0 Å². The Morgan fingerprint density at radius 1 is 1.58 bits per heavy atom. The third-order valence-electron chi connectivity index (χ3n) is 2.10. The van der Waals surface area contributed by atoms with Gasteiger partial charge in [-0.05, 0) is 26.7 Å². The number of nitrogens with one attached hydrogen (secondary N) is 1. The van der Waals surface area contributed by atoms with E-state index in [-0.39, 0.29) is 0 Å². The van der Waals surface area contributed by atoms with Gasteiger partial charge in [0.05, 0.1) is 0 Å². The third kappa shape index (κ3) is 2.19. The van der Waals surface area contributed by atoms with E-state index in [0.717, 1.165) is 12.8 Å². The summed E-state index contributed by atoms with van der Waals surface area (Å²) in [6.45, 7) is 3.06. The molecule has 0 unspecified atom stereocenters.